The van der Waals surface area contributed by atoms with Gasteiger partial charge in [-0.1, -0.05) is 22.9 Å². The molecule has 0 fully saturated rings. The molecular formula is C8H4ClF3N2OS. The fourth-order valence-electron chi connectivity index (χ4n) is 1.16. The summed E-state index contributed by atoms with van der Waals surface area (Å²) in [6, 6.07) is 2.48. The van der Waals surface area contributed by atoms with E-state index in [4.69, 9.17) is 17.3 Å². The molecule has 0 saturated carbocycles. The molecule has 86 valence electrons. The lowest BCUT2D eigenvalue weighted by atomic mass is 10.3. The number of anilines is 1. The first-order chi connectivity index (χ1) is 7.37. The predicted octanol–water partition coefficient (Wildman–Crippen LogP) is 3.43. The molecule has 1 heterocycles. The highest BCUT2D eigenvalue weighted by Gasteiger charge is 2.32. The lowest BCUT2D eigenvalue weighted by molar-refractivity contribution is -0.274. The molecule has 1 aromatic carbocycles. The number of rotatable bonds is 1. The van der Waals surface area contributed by atoms with E-state index in [0.717, 1.165) is 17.4 Å². The van der Waals surface area contributed by atoms with E-state index in [-0.39, 0.29) is 10.2 Å². The van der Waals surface area contributed by atoms with E-state index in [9.17, 15) is 13.2 Å². The molecule has 0 saturated heterocycles. The summed E-state index contributed by atoms with van der Waals surface area (Å²) in [5.41, 5.74) is 5.87. The van der Waals surface area contributed by atoms with Gasteiger partial charge < -0.3 is 10.5 Å². The molecule has 8 heteroatoms. The molecule has 0 atom stereocenters. The number of nitrogens with two attached hydrogens (primary N) is 1. The second-order valence-electron chi connectivity index (χ2n) is 2.83. The van der Waals surface area contributed by atoms with E-state index in [1.165, 1.54) is 6.07 Å². The van der Waals surface area contributed by atoms with Crippen LogP contribution in [-0.2, 0) is 0 Å². The number of nitrogens with zero attached hydrogens (tertiary/aromatic N) is 1. The zero-order chi connectivity index (χ0) is 11.9. The minimum atomic E-state index is -4.77. The second kappa shape index (κ2) is 3.67. The maximum atomic E-state index is 12.0. The van der Waals surface area contributed by atoms with Crippen molar-refractivity contribution < 1.29 is 17.9 Å². The van der Waals surface area contributed by atoms with E-state index in [0.29, 0.717) is 10.2 Å². The average Bonchev–Trinajstić information content (AvgIpc) is 2.50. The SMILES string of the molecule is Nc1nc2ccc(OC(F)(F)F)c(Cl)c2s1. The quantitative estimate of drug-likeness (QED) is 0.862. The highest BCUT2D eigenvalue weighted by Crippen LogP contribution is 2.39. The Morgan fingerprint density at radius 1 is 1.38 bits per heavy atom. The maximum Gasteiger partial charge on any atom is 0.573 e. The van der Waals surface area contributed by atoms with Crippen molar-refractivity contribution in [3.05, 3.63) is 17.2 Å². The van der Waals surface area contributed by atoms with Gasteiger partial charge in [-0.2, -0.15) is 0 Å². The van der Waals surface area contributed by atoms with Crippen LogP contribution in [0.1, 0.15) is 0 Å². The normalized spacial score (nSPS) is 12.0. The summed E-state index contributed by atoms with van der Waals surface area (Å²) in [6.45, 7) is 0. The topological polar surface area (TPSA) is 48.1 Å². The molecule has 0 spiro atoms. The number of benzene rings is 1. The van der Waals surface area contributed by atoms with Crippen molar-refractivity contribution in [2.24, 2.45) is 0 Å². The van der Waals surface area contributed by atoms with Gasteiger partial charge in [0.1, 0.15) is 10.8 Å². The van der Waals surface area contributed by atoms with Crippen LogP contribution < -0.4 is 10.5 Å². The van der Waals surface area contributed by atoms with Gasteiger partial charge in [-0.25, -0.2) is 4.98 Å². The Hall–Kier alpha value is -1.21. The molecule has 0 unspecified atom stereocenters. The van der Waals surface area contributed by atoms with E-state index in [1.54, 1.807) is 0 Å². The first kappa shape index (κ1) is 11.3. The molecule has 0 aliphatic heterocycles. The first-order valence-electron chi connectivity index (χ1n) is 3.97. The van der Waals surface area contributed by atoms with Gasteiger partial charge in [0.15, 0.2) is 5.13 Å². The van der Waals surface area contributed by atoms with Gasteiger partial charge >= 0.3 is 6.36 Å². The van der Waals surface area contributed by atoms with Crippen LogP contribution in [0.15, 0.2) is 12.1 Å². The standard InChI is InChI=1S/C8H4ClF3N2OS/c9-5-4(15-8(10,11)12)2-1-3-6(5)16-7(13)14-3/h1-2H,(H2,13,14). The third-order valence-electron chi connectivity index (χ3n) is 1.70. The smallest absolute Gasteiger partial charge is 0.404 e. The largest absolute Gasteiger partial charge is 0.573 e. The Morgan fingerprint density at radius 3 is 2.69 bits per heavy atom. The molecule has 2 N–H and O–H groups in total. The molecule has 3 nitrogen and oxygen atoms in total. The van der Waals surface area contributed by atoms with E-state index < -0.39 is 12.1 Å². The monoisotopic (exact) mass is 268 g/mol. The van der Waals surface area contributed by atoms with Gasteiger partial charge in [-0.3, -0.25) is 0 Å². The highest BCUT2D eigenvalue weighted by atomic mass is 35.5. The fourth-order valence-corrected chi connectivity index (χ4v) is 2.24. The van der Waals surface area contributed by atoms with Crippen molar-refractivity contribution in [1.82, 2.24) is 4.98 Å². The number of hydrogen-bond donors (Lipinski definition) is 1. The van der Waals surface area contributed by atoms with Gasteiger partial charge in [0.25, 0.3) is 0 Å². The van der Waals surface area contributed by atoms with Crippen LogP contribution in [0.4, 0.5) is 18.3 Å². The number of thiazole rings is 1. The van der Waals surface area contributed by atoms with Gasteiger partial charge in [0.05, 0.1) is 10.2 Å². The summed E-state index contributed by atoms with van der Waals surface area (Å²) in [5.74, 6) is -0.453. The van der Waals surface area contributed by atoms with Crippen molar-refractivity contribution in [3.8, 4) is 5.75 Å². The molecule has 2 aromatic rings. The molecule has 0 aliphatic carbocycles. The predicted molar refractivity (Wildman–Crippen MR) is 55.7 cm³/mol. The van der Waals surface area contributed by atoms with Crippen molar-refractivity contribution in [1.29, 1.82) is 0 Å². The lowest BCUT2D eigenvalue weighted by Gasteiger charge is -2.09. The third kappa shape index (κ3) is 2.14. The molecule has 0 aliphatic rings. The molecule has 2 rings (SSSR count). The van der Waals surface area contributed by atoms with Gasteiger partial charge in [0.2, 0.25) is 0 Å². The van der Waals surface area contributed by atoms with Crippen LogP contribution >= 0.6 is 22.9 Å². The summed E-state index contributed by atoms with van der Waals surface area (Å²) < 4.78 is 40.2. The summed E-state index contributed by atoms with van der Waals surface area (Å²) >= 11 is 6.76. The number of halogens is 4. The molecular weight excluding hydrogens is 265 g/mol. The van der Waals surface area contributed by atoms with Gasteiger partial charge in [-0.15, -0.1) is 13.2 Å². The Kier molecular flexibility index (Phi) is 2.59. The van der Waals surface area contributed by atoms with Crippen molar-refractivity contribution in [2.75, 3.05) is 5.73 Å². The molecule has 1 aromatic heterocycles. The van der Waals surface area contributed by atoms with Crippen molar-refractivity contribution in [2.45, 2.75) is 6.36 Å². The number of alkyl halides is 3. The summed E-state index contributed by atoms with van der Waals surface area (Å²) in [7, 11) is 0. The third-order valence-corrected chi connectivity index (χ3v) is 3.11. The number of hydrogen-bond acceptors (Lipinski definition) is 4. The minimum Gasteiger partial charge on any atom is -0.404 e. The van der Waals surface area contributed by atoms with Crippen LogP contribution in [0.5, 0.6) is 5.75 Å². The van der Waals surface area contributed by atoms with Crippen molar-refractivity contribution in [3.63, 3.8) is 0 Å². The Balaban J connectivity index is 2.52. The van der Waals surface area contributed by atoms with Crippen LogP contribution in [0.2, 0.25) is 5.02 Å². The summed E-state index contributed by atoms with van der Waals surface area (Å²) in [4.78, 5) is 3.89. The van der Waals surface area contributed by atoms with Crippen molar-refractivity contribution >= 4 is 38.3 Å². The Morgan fingerprint density at radius 2 is 2.06 bits per heavy atom. The molecule has 0 bridgehead atoms. The molecule has 16 heavy (non-hydrogen) atoms. The van der Waals surface area contributed by atoms with E-state index >= 15 is 0 Å². The van der Waals surface area contributed by atoms with E-state index in [1.807, 2.05) is 0 Å². The highest BCUT2D eigenvalue weighted by molar-refractivity contribution is 7.22. The first-order valence-corrected chi connectivity index (χ1v) is 5.16. The van der Waals surface area contributed by atoms with Gasteiger partial charge in [-0.05, 0) is 12.1 Å². The number of ether oxygens (including phenoxy) is 1. The Bertz CT molecular complexity index is 540. The van der Waals surface area contributed by atoms with E-state index in [2.05, 4.69) is 9.72 Å². The summed E-state index contributed by atoms with van der Waals surface area (Å²) in [6.07, 6.45) is -4.77. The van der Waals surface area contributed by atoms with Crippen LogP contribution in [0, 0.1) is 0 Å². The van der Waals surface area contributed by atoms with Crippen LogP contribution in [0.3, 0.4) is 0 Å². The fraction of sp³-hybridized carbons (Fsp3) is 0.125. The average molecular weight is 269 g/mol. The second-order valence-corrected chi connectivity index (χ2v) is 4.23. The minimum absolute atomic E-state index is 0.135. The zero-order valence-electron chi connectivity index (χ0n) is 7.51. The van der Waals surface area contributed by atoms with Crippen LogP contribution in [-0.4, -0.2) is 11.3 Å². The number of fused-ring (bicyclic) bond motifs is 1. The van der Waals surface area contributed by atoms with Crippen LogP contribution in [0.25, 0.3) is 10.2 Å². The maximum absolute atomic E-state index is 12.0. The zero-order valence-corrected chi connectivity index (χ0v) is 9.08. The molecule has 0 radical (unpaired) electrons. The lowest BCUT2D eigenvalue weighted by Crippen LogP contribution is -2.17. The number of aromatic nitrogens is 1. The van der Waals surface area contributed by atoms with Gasteiger partial charge in [0, 0.05) is 0 Å². The Labute approximate surface area is 96.6 Å². The summed E-state index contributed by atoms with van der Waals surface area (Å²) in [5, 5.41) is 0.102. The number of nitrogen functional groups attached to an aromatic ring is 1. The molecule has 0 amide bonds.